The van der Waals surface area contributed by atoms with Crippen molar-refractivity contribution in [2.45, 2.75) is 4.90 Å². The van der Waals surface area contributed by atoms with Crippen LogP contribution in [0, 0.1) is 13.7 Å². The first-order valence-electron chi connectivity index (χ1n) is 3.21. The van der Waals surface area contributed by atoms with Crippen LogP contribution in [0.3, 0.4) is 0 Å². The molecule has 1 aromatic rings. The number of hydrogen-bond donors (Lipinski definition) is 0. The van der Waals surface area contributed by atoms with E-state index in [9.17, 15) is 22.4 Å². The smallest absolute Gasteiger partial charge is 0.258 e. The van der Waals surface area contributed by atoms with Crippen molar-refractivity contribution in [1.29, 1.82) is 0 Å². The van der Waals surface area contributed by atoms with Gasteiger partial charge in [-0.2, -0.15) is 8.42 Å². The zero-order chi connectivity index (χ0) is 10.9. The first-order valence-corrected chi connectivity index (χ1v) is 5.67. The van der Waals surface area contributed by atoms with E-state index < -0.39 is 25.7 Å². The molecule has 0 heterocycles. The molecule has 0 saturated carbocycles. The van der Waals surface area contributed by atoms with Crippen LogP contribution in [-0.4, -0.2) is 13.3 Å². The predicted octanol–water partition coefficient (Wildman–Crippen LogP) is 1.86. The Morgan fingerprint density at radius 2 is 2.00 bits per heavy atom. The molecule has 8 heteroatoms. The minimum Gasteiger partial charge on any atom is -0.258 e. The lowest BCUT2D eigenvalue weighted by Gasteiger charge is -1.97. The summed E-state index contributed by atoms with van der Waals surface area (Å²) < 4.78 is 34.0. The van der Waals surface area contributed by atoms with E-state index in [4.69, 9.17) is 0 Å². The summed E-state index contributed by atoms with van der Waals surface area (Å²) in [5, 5.41) is 10.4. The Hall–Kier alpha value is -0.770. The van der Waals surface area contributed by atoms with Gasteiger partial charge in [0.2, 0.25) is 0 Å². The molecule has 0 amide bonds. The molecule has 0 fully saturated rings. The third-order valence-corrected chi connectivity index (χ3v) is 2.92. The Kier molecular flexibility index (Phi) is 3.04. The minimum atomic E-state index is -5.04. The van der Waals surface area contributed by atoms with Crippen molar-refractivity contribution in [3.05, 3.63) is 31.9 Å². The largest absolute Gasteiger partial charge is 0.338 e. The van der Waals surface area contributed by atoms with Gasteiger partial charge in [-0.1, -0.05) is 0 Å². The molecule has 0 aliphatic heterocycles. The molecule has 0 aliphatic carbocycles. The number of rotatable bonds is 2. The molecule has 0 aliphatic rings. The molecule has 1 rings (SSSR count). The zero-order valence-electron chi connectivity index (χ0n) is 6.48. The molecule has 76 valence electrons. The van der Waals surface area contributed by atoms with Crippen LogP contribution < -0.4 is 0 Å². The fraction of sp³-hybridized carbons (Fsp3) is 0. The van der Waals surface area contributed by atoms with Crippen LogP contribution >= 0.6 is 22.6 Å². The van der Waals surface area contributed by atoms with E-state index in [0.717, 1.165) is 12.1 Å². The molecular formula is C6H3FINO4S. The van der Waals surface area contributed by atoms with Crippen molar-refractivity contribution in [1.82, 2.24) is 0 Å². The Bertz CT molecular complexity index is 487. The van der Waals surface area contributed by atoms with Gasteiger partial charge in [0.15, 0.2) is 4.90 Å². The normalized spacial score (nSPS) is 11.3. The molecule has 0 spiro atoms. The molecule has 0 saturated heterocycles. The maximum atomic E-state index is 12.5. The lowest BCUT2D eigenvalue weighted by atomic mass is 10.3. The van der Waals surface area contributed by atoms with Gasteiger partial charge in [0.05, 0.1) is 4.92 Å². The van der Waals surface area contributed by atoms with E-state index in [2.05, 4.69) is 0 Å². The fourth-order valence-corrected chi connectivity index (χ4v) is 1.93. The monoisotopic (exact) mass is 331 g/mol. The molecule has 0 radical (unpaired) electrons. The number of halogens is 2. The maximum Gasteiger partial charge on any atom is 0.338 e. The summed E-state index contributed by atoms with van der Waals surface area (Å²) in [7, 11) is -5.04. The highest BCUT2D eigenvalue weighted by Gasteiger charge is 2.25. The van der Waals surface area contributed by atoms with Crippen molar-refractivity contribution >= 4 is 38.5 Å². The number of benzene rings is 1. The van der Waals surface area contributed by atoms with Crippen LogP contribution in [-0.2, 0) is 10.2 Å². The van der Waals surface area contributed by atoms with Crippen LogP contribution in [0.1, 0.15) is 0 Å². The van der Waals surface area contributed by atoms with Gasteiger partial charge in [-0.15, -0.1) is 3.89 Å². The molecule has 0 atom stereocenters. The first-order chi connectivity index (χ1) is 6.32. The Balaban J connectivity index is 3.53. The lowest BCUT2D eigenvalue weighted by molar-refractivity contribution is -0.387. The Morgan fingerprint density at radius 1 is 1.43 bits per heavy atom. The second-order valence-corrected chi connectivity index (χ2v) is 4.87. The molecule has 1 aromatic carbocycles. The first kappa shape index (κ1) is 11.3. The van der Waals surface area contributed by atoms with E-state index in [-0.39, 0.29) is 0 Å². The standard InChI is InChI=1S/C6H3FINO4S/c7-14(12,13)6-2-1-4(8)3-5(6)9(10)11/h1-3H. The molecule has 0 unspecified atom stereocenters. The summed E-state index contributed by atoms with van der Waals surface area (Å²) in [6.07, 6.45) is 0. The van der Waals surface area contributed by atoms with Gasteiger partial charge in [-0.3, -0.25) is 10.1 Å². The van der Waals surface area contributed by atoms with Crippen molar-refractivity contribution < 1.29 is 17.2 Å². The van der Waals surface area contributed by atoms with Gasteiger partial charge in [0.25, 0.3) is 5.69 Å². The average Bonchev–Trinajstić information content (AvgIpc) is 2.01. The van der Waals surface area contributed by atoms with E-state index in [1.807, 2.05) is 0 Å². The highest BCUT2D eigenvalue weighted by molar-refractivity contribution is 14.1. The molecular weight excluding hydrogens is 328 g/mol. The molecule has 0 bridgehead atoms. The van der Waals surface area contributed by atoms with Gasteiger partial charge in [-0.25, -0.2) is 0 Å². The lowest BCUT2D eigenvalue weighted by Crippen LogP contribution is -1.99. The zero-order valence-corrected chi connectivity index (χ0v) is 9.45. The van der Waals surface area contributed by atoms with E-state index >= 15 is 0 Å². The van der Waals surface area contributed by atoms with Crippen molar-refractivity contribution in [3.63, 3.8) is 0 Å². The van der Waals surface area contributed by atoms with Crippen molar-refractivity contribution in [2.24, 2.45) is 0 Å². The van der Waals surface area contributed by atoms with Crippen LogP contribution in [0.15, 0.2) is 23.1 Å². The van der Waals surface area contributed by atoms with Crippen molar-refractivity contribution in [3.8, 4) is 0 Å². The maximum absolute atomic E-state index is 12.5. The van der Waals surface area contributed by atoms with Gasteiger partial charge >= 0.3 is 10.2 Å². The quantitative estimate of drug-likeness (QED) is 0.359. The highest BCUT2D eigenvalue weighted by Crippen LogP contribution is 2.26. The van der Waals surface area contributed by atoms with E-state index in [0.29, 0.717) is 3.57 Å². The summed E-state index contributed by atoms with van der Waals surface area (Å²) in [4.78, 5) is 8.54. The highest BCUT2D eigenvalue weighted by atomic mass is 127. The van der Waals surface area contributed by atoms with Crippen LogP contribution in [0.2, 0.25) is 0 Å². The predicted molar refractivity (Wildman–Crippen MR) is 54.1 cm³/mol. The van der Waals surface area contributed by atoms with Crippen LogP contribution in [0.4, 0.5) is 9.57 Å². The minimum absolute atomic E-state index is 0.460. The van der Waals surface area contributed by atoms with Crippen LogP contribution in [0.25, 0.3) is 0 Å². The number of nitro benzene ring substituents is 1. The Morgan fingerprint density at radius 3 is 2.43 bits per heavy atom. The van der Waals surface area contributed by atoms with E-state index in [1.54, 1.807) is 22.6 Å². The van der Waals surface area contributed by atoms with Gasteiger partial charge in [0, 0.05) is 9.64 Å². The molecule has 0 aromatic heterocycles. The molecule has 5 nitrogen and oxygen atoms in total. The summed E-state index contributed by atoms with van der Waals surface area (Å²) in [5.41, 5.74) is -0.751. The second kappa shape index (κ2) is 3.77. The number of nitrogens with zero attached hydrogens (tertiary/aromatic N) is 1. The Labute approximate surface area is 92.4 Å². The summed E-state index contributed by atoms with van der Waals surface area (Å²) in [6.45, 7) is 0. The molecule has 14 heavy (non-hydrogen) atoms. The number of hydrogen-bond acceptors (Lipinski definition) is 4. The third-order valence-electron chi connectivity index (χ3n) is 1.38. The summed E-state index contributed by atoms with van der Waals surface area (Å²) >= 11 is 1.76. The molecule has 0 N–H and O–H groups in total. The second-order valence-electron chi connectivity index (χ2n) is 2.31. The van der Waals surface area contributed by atoms with Gasteiger partial charge in [-0.05, 0) is 34.7 Å². The van der Waals surface area contributed by atoms with Gasteiger partial charge < -0.3 is 0 Å². The SMILES string of the molecule is O=[N+]([O-])c1cc(I)ccc1S(=O)(=O)F. The summed E-state index contributed by atoms with van der Waals surface area (Å²) in [5.74, 6) is 0. The van der Waals surface area contributed by atoms with Crippen molar-refractivity contribution in [2.75, 3.05) is 0 Å². The fourth-order valence-electron chi connectivity index (χ4n) is 0.839. The van der Waals surface area contributed by atoms with Crippen LogP contribution in [0.5, 0.6) is 0 Å². The van der Waals surface area contributed by atoms with E-state index in [1.165, 1.54) is 6.07 Å². The average molecular weight is 331 g/mol. The summed E-state index contributed by atoms with van der Waals surface area (Å²) in [6, 6.07) is 3.14. The van der Waals surface area contributed by atoms with Gasteiger partial charge in [0.1, 0.15) is 0 Å². The third kappa shape index (κ3) is 2.38. The number of nitro groups is 1. The topological polar surface area (TPSA) is 77.3 Å².